The van der Waals surface area contributed by atoms with Crippen molar-refractivity contribution < 1.29 is 28.5 Å². The second-order valence-electron chi connectivity index (χ2n) is 27.5. The van der Waals surface area contributed by atoms with Crippen LogP contribution < -0.4 is 11.2 Å². The third kappa shape index (κ3) is 10.6. The molecule has 6 aromatic rings. The van der Waals surface area contributed by atoms with Crippen molar-refractivity contribution >= 4 is 5.97 Å². The number of ether oxygens (including phenoxy) is 5. The zero-order valence-electron chi connectivity index (χ0n) is 49.8. The van der Waals surface area contributed by atoms with Crippen molar-refractivity contribution in [2.75, 3.05) is 0 Å². The van der Waals surface area contributed by atoms with Crippen molar-refractivity contribution in [1.29, 1.82) is 0 Å². The van der Waals surface area contributed by atoms with E-state index in [1.165, 1.54) is 21.4 Å². The number of allylic oxidation sites excluding steroid dienone is 2. The van der Waals surface area contributed by atoms with Gasteiger partial charge in [-0.1, -0.05) is 187 Å². The molecular weight excluding hydrogens is 1040 g/mol. The summed E-state index contributed by atoms with van der Waals surface area (Å²) in [5.74, 6) is 1.18. The molecule has 1 aliphatic heterocycles. The lowest BCUT2D eigenvalue weighted by Gasteiger charge is -2.71. The maximum Gasteiger partial charge on any atom is 0.333 e. The highest BCUT2D eigenvalue weighted by Gasteiger charge is 2.69. The first-order valence-corrected chi connectivity index (χ1v) is 30.7. The maximum atomic E-state index is 14.6. The number of hydrogen-bond donors (Lipinski definition) is 0. The first-order valence-electron chi connectivity index (χ1n) is 30.7. The SMILES string of the molecule is CC1(C)CC[C@]2(C(=O)OCc3ccccc3)CC[C@]3(C)C(=CCC4[C@@]5(C)CC[C@H](OCc6cn(C[C@H]7O[C@@H](n8ccc(=O)n(Cc9ccccc9)c8=O)C(OCc8ccccc8)C7OCc7ccccc7)nn6)C(C)(C)C5CC[C@]43C)[C@@H]2C1. The van der Waals surface area contributed by atoms with E-state index in [9.17, 15) is 14.4 Å². The van der Waals surface area contributed by atoms with Gasteiger partial charge in [0.15, 0.2) is 6.23 Å². The quantitative estimate of drug-likeness (QED) is 0.0641. The summed E-state index contributed by atoms with van der Waals surface area (Å²) in [6.07, 6.45) is 13.4. The summed E-state index contributed by atoms with van der Waals surface area (Å²) < 4.78 is 38.4. The highest BCUT2D eigenvalue weighted by atomic mass is 16.6. The van der Waals surface area contributed by atoms with Gasteiger partial charge in [-0.15, -0.1) is 5.10 Å². The normalized spacial score (nSPS) is 32.3. The molecule has 13 heteroatoms. The molecule has 4 saturated carbocycles. The minimum Gasteiger partial charge on any atom is -0.460 e. The van der Waals surface area contributed by atoms with Crippen LogP contribution in [0.4, 0.5) is 0 Å². The van der Waals surface area contributed by atoms with Crippen LogP contribution in [0.3, 0.4) is 0 Å². The Morgan fingerprint density at radius 1 is 0.651 bits per heavy atom. The van der Waals surface area contributed by atoms with E-state index in [1.54, 1.807) is 10.3 Å². The minimum atomic E-state index is -0.940. The Morgan fingerprint density at radius 2 is 1.27 bits per heavy atom. The highest BCUT2D eigenvalue weighted by Crippen LogP contribution is 2.76. The second kappa shape index (κ2) is 22.6. The van der Waals surface area contributed by atoms with Crippen molar-refractivity contribution in [1.82, 2.24) is 24.1 Å². The summed E-state index contributed by atoms with van der Waals surface area (Å²) in [6, 6.07) is 40.9. The zero-order valence-corrected chi connectivity index (χ0v) is 49.8. The molecule has 12 atom stereocenters. The molecule has 0 spiro atoms. The molecule has 2 aromatic heterocycles. The Morgan fingerprint density at radius 3 is 1.93 bits per heavy atom. The van der Waals surface area contributed by atoms with Gasteiger partial charge in [0, 0.05) is 12.3 Å². The minimum absolute atomic E-state index is 0.00468. The fourth-order valence-corrected chi connectivity index (χ4v) is 17.2. The molecule has 0 N–H and O–H groups in total. The molecule has 3 heterocycles. The Hall–Kier alpha value is -6.25. The number of hydrogen-bond acceptors (Lipinski definition) is 10. The molecule has 6 aliphatic rings. The maximum absolute atomic E-state index is 14.6. The summed E-state index contributed by atoms with van der Waals surface area (Å²) in [5, 5.41) is 9.31. The van der Waals surface area contributed by atoms with Gasteiger partial charge >= 0.3 is 11.7 Å². The largest absolute Gasteiger partial charge is 0.460 e. The fraction of sp³-hybridized carbons (Fsp3) is 0.529. The van der Waals surface area contributed by atoms with Crippen LogP contribution >= 0.6 is 0 Å². The van der Waals surface area contributed by atoms with Crippen molar-refractivity contribution in [3.63, 3.8) is 0 Å². The average Bonchev–Trinajstić information content (AvgIpc) is 1.47. The molecule has 5 aliphatic carbocycles. The van der Waals surface area contributed by atoms with Crippen LogP contribution in [-0.2, 0) is 68.0 Å². The van der Waals surface area contributed by atoms with Crippen molar-refractivity contribution in [2.45, 2.75) is 183 Å². The van der Waals surface area contributed by atoms with Crippen LogP contribution in [0.25, 0.3) is 0 Å². The lowest BCUT2D eigenvalue weighted by Crippen LogP contribution is -2.65. The molecule has 0 amide bonds. The Balaban J connectivity index is 0.758. The number of fused-ring (bicyclic) bond motifs is 7. The molecule has 5 fully saturated rings. The molecule has 83 heavy (non-hydrogen) atoms. The number of aromatic nitrogens is 5. The van der Waals surface area contributed by atoms with Gasteiger partial charge in [0.1, 0.15) is 30.6 Å². The van der Waals surface area contributed by atoms with Crippen LogP contribution in [0.5, 0.6) is 0 Å². The molecule has 4 unspecified atom stereocenters. The molecule has 0 bridgehead atoms. The van der Waals surface area contributed by atoms with Gasteiger partial charge in [-0.25, -0.2) is 9.48 Å². The summed E-state index contributed by atoms with van der Waals surface area (Å²) in [5.41, 5.74) is 4.98. The van der Waals surface area contributed by atoms with Gasteiger partial charge in [-0.05, 0) is 131 Å². The van der Waals surface area contributed by atoms with E-state index >= 15 is 0 Å². The van der Waals surface area contributed by atoms with Gasteiger partial charge in [0.25, 0.3) is 5.56 Å². The van der Waals surface area contributed by atoms with Gasteiger partial charge < -0.3 is 23.7 Å². The van der Waals surface area contributed by atoms with Crippen molar-refractivity contribution in [3.05, 3.63) is 200 Å². The summed E-state index contributed by atoms with van der Waals surface area (Å²) in [7, 11) is 0. The average molecular weight is 1120 g/mol. The summed E-state index contributed by atoms with van der Waals surface area (Å²) in [4.78, 5) is 42.4. The van der Waals surface area contributed by atoms with Crippen LogP contribution in [0.15, 0.2) is 161 Å². The molecular formula is C70H85N5O8. The van der Waals surface area contributed by atoms with E-state index in [1.807, 2.05) is 115 Å². The first kappa shape index (κ1) is 57.2. The number of esters is 1. The molecule has 438 valence electrons. The van der Waals surface area contributed by atoms with E-state index in [4.69, 9.17) is 23.7 Å². The number of rotatable bonds is 17. The molecule has 0 radical (unpaired) electrons. The first-order chi connectivity index (χ1) is 39.9. The van der Waals surface area contributed by atoms with E-state index in [0.717, 1.165) is 92.2 Å². The summed E-state index contributed by atoms with van der Waals surface area (Å²) >= 11 is 0. The monoisotopic (exact) mass is 1120 g/mol. The third-order valence-corrected chi connectivity index (χ3v) is 22.0. The molecule has 13 nitrogen and oxygen atoms in total. The third-order valence-electron chi connectivity index (χ3n) is 22.0. The Labute approximate surface area is 489 Å². The smallest absolute Gasteiger partial charge is 0.333 e. The van der Waals surface area contributed by atoms with E-state index < -0.39 is 41.2 Å². The van der Waals surface area contributed by atoms with Gasteiger partial charge in [0.2, 0.25) is 0 Å². The fourth-order valence-electron chi connectivity index (χ4n) is 17.2. The topological polar surface area (TPSA) is 138 Å². The lowest BCUT2D eigenvalue weighted by molar-refractivity contribution is -0.215. The van der Waals surface area contributed by atoms with Crippen LogP contribution in [0, 0.1) is 50.2 Å². The molecule has 12 rings (SSSR count). The second-order valence-corrected chi connectivity index (χ2v) is 27.5. The Bertz CT molecular complexity index is 3400. The van der Waals surface area contributed by atoms with Crippen LogP contribution in [0.2, 0.25) is 0 Å². The zero-order chi connectivity index (χ0) is 57.8. The number of nitrogens with zero attached hydrogens (tertiary/aromatic N) is 5. The van der Waals surface area contributed by atoms with E-state index in [0.29, 0.717) is 25.0 Å². The van der Waals surface area contributed by atoms with E-state index in [-0.39, 0.29) is 71.4 Å². The number of carbonyl (C=O) groups excluding carboxylic acids is 1. The predicted molar refractivity (Wildman–Crippen MR) is 318 cm³/mol. The number of carbonyl (C=O) groups is 1. The highest BCUT2D eigenvalue weighted by molar-refractivity contribution is 5.79. The lowest BCUT2D eigenvalue weighted by atomic mass is 9.33. The predicted octanol–water partition coefficient (Wildman–Crippen LogP) is 12.8. The molecule has 4 aromatic carbocycles. The number of benzene rings is 4. The molecule has 1 saturated heterocycles. The standard InChI is InChI=1S/C70H85N5O8/c1-65(2)35-37-70(63(77)82-46-51-26-18-11-19-27-51)38-36-68(6)53(54(70)40-65)28-29-57-67(5)33-31-58(66(3,4)56(67)30-34-69(57,68)7)79-47-52-42-73(72-71-52)43-55-60(80-44-49-22-14-9-15-23-49)61(81-45-50-24-16-10-17-25-50)62(83-55)74-39-32-59(76)75(64(74)78)41-48-20-12-8-13-21-48/h8-28,32,39,42,54-58,60-62H,29-31,33-38,40-41,43-47H2,1-7H3/t54-,55+,56?,57?,58-,60?,61?,62+,67-,68+,69+,70-/m0/s1. The van der Waals surface area contributed by atoms with Crippen molar-refractivity contribution in [2.24, 2.45) is 50.2 Å². The summed E-state index contributed by atoms with van der Waals surface area (Å²) in [6.45, 7) is 19.1. The van der Waals surface area contributed by atoms with Gasteiger partial charge in [-0.3, -0.25) is 18.7 Å². The Kier molecular flexibility index (Phi) is 15.6. The van der Waals surface area contributed by atoms with Gasteiger partial charge in [0.05, 0.1) is 50.6 Å². The van der Waals surface area contributed by atoms with Crippen molar-refractivity contribution in [3.8, 4) is 0 Å². The van der Waals surface area contributed by atoms with Crippen LogP contribution in [0.1, 0.15) is 147 Å². The van der Waals surface area contributed by atoms with Crippen LogP contribution in [-0.4, -0.2) is 54.5 Å². The van der Waals surface area contributed by atoms with Gasteiger partial charge in [-0.2, -0.15) is 0 Å². The van der Waals surface area contributed by atoms with E-state index in [2.05, 4.69) is 77.0 Å².